The Morgan fingerprint density at radius 2 is 2.00 bits per heavy atom. The van der Waals surface area contributed by atoms with Crippen LogP contribution in [0.1, 0.15) is 53.4 Å². The van der Waals surface area contributed by atoms with Gasteiger partial charge in [-0.25, -0.2) is 4.79 Å². The Bertz CT molecular complexity index is 643. The highest BCUT2D eigenvalue weighted by Gasteiger charge is 2.53. The molecule has 6 atom stereocenters. The van der Waals surface area contributed by atoms with Gasteiger partial charge < -0.3 is 19.5 Å². The van der Waals surface area contributed by atoms with Gasteiger partial charge >= 0.3 is 12.1 Å². The smallest absolute Gasteiger partial charge is 0.409 e. The zero-order valence-corrected chi connectivity index (χ0v) is 17.7. The van der Waals surface area contributed by atoms with E-state index < -0.39 is 11.7 Å². The fraction of sp³-hybridized carbons (Fsp3) is 0.773. The molecule has 1 N–H and O–H groups in total. The van der Waals surface area contributed by atoms with E-state index >= 15 is 0 Å². The fourth-order valence-corrected chi connectivity index (χ4v) is 5.08. The molecule has 1 radical (unpaired) electrons. The Labute approximate surface area is 168 Å². The molecule has 3 aliphatic carbocycles. The number of ether oxygens (including phenoxy) is 2. The molecular formula is C22H34NO5. The van der Waals surface area contributed by atoms with Crippen molar-refractivity contribution in [2.24, 2.45) is 23.7 Å². The zero-order valence-electron chi connectivity index (χ0n) is 17.7. The number of hydrogen-bond acceptors (Lipinski definition) is 5. The summed E-state index contributed by atoms with van der Waals surface area (Å²) < 4.78 is 10.4. The number of fused-ring (bicyclic) bond motifs is 1. The van der Waals surface area contributed by atoms with E-state index in [9.17, 15) is 14.7 Å². The van der Waals surface area contributed by atoms with Crippen LogP contribution in [0.15, 0.2) is 11.6 Å². The Kier molecular flexibility index (Phi) is 6.08. The first kappa shape index (κ1) is 21.2. The van der Waals surface area contributed by atoms with Crippen LogP contribution in [0.3, 0.4) is 0 Å². The average Bonchev–Trinajstić information content (AvgIpc) is 3.46. The predicted molar refractivity (Wildman–Crippen MR) is 105 cm³/mol. The van der Waals surface area contributed by atoms with Crippen LogP contribution in [0.4, 0.5) is 4.79 Å². The molecule has 0 aromatic rings. The second-order valence-corrected chi connectivity index (χ2v) is 8.99. The van der Waals surface area contributed by atoms with Gasteiger partial charge in [-0.05, 0) is 55.9 Å². The van der Waals surface area contributed by atoms with Gasteiger partial charge in [0.1, 0.15) is 6.10 Å². The first-order valence-electron chi connectivity index (χ1n) is 10.5. The molecule has 2 saturated carbocycles. The molecular weight excluding hydrogens is 358 g/mol. The van der Waals surface area contributed by atoms with Gasteiger partial charge in [-0.2, -0.15) is 0 Å². The summed E-state index contributed by atoms with van der Waals surface area (Å²) in [6.07, 6.45) is 7.17. The van der Waals surface area contributed by atoms with E-state index in [1.807, 2.05) is 18.2 Å². The maximum atomic E-state index is 12.2. The molecule has 0 aliphatic heterocycles. The predicted octanol–water partition coefficient (Wildman–Crippen LogP) is 3.34. The summed E-state index contributed by atoms with van der Waals surface area (Å²) in [6, 6.07) is 0.292. The molecule has 3 rings (SSSR count). The molecule has 157 valence electrons. The third-order valence-corrected chi connectivity index (χ3v) is 6.93. The van der Waals surface area contributed by atoms with E-state index in [1.54, 1.807) is 0 Å². The summed E-state index contributed by atoms with van der Waals surface area (Å²) in [5.41, 5.74) is -0.0462. The number of carbonyl (C=O) groups is 2. The first-order valence-corrected chi connectivity index (χ1v) is 10.5. The lowest BCUT2D eigenvalue weighted by Crippen LogP contribution is -2.57. The van der Waals surface area contributed by atoms with Crippen molar-refractivity contribution in [1.29, 1.82) is 0 Å². The molecule has 0 aromatic carbocycles. The lowest BCUT2D eigenvalue weighted by molar-refractivity contribution is -0.148. The highest BCUT2D eigenvalue weighted by atomic mass is 16.5. The van der Waals surface area contributed by atoms with E-state index in [0.29, 0.717) is 12.6 Å². The van der Waals surface area contributed by atoms with Crippen molar-refractivity contribution >= 4 is 12.1 Å². The number of hydrogen-bond donors (Lipinski definition) is 1. The highest BCUT2D eigenvalue weighted by Crippen LogP contribution is 2.51. The van der Waals surface area contributed by atoms with Crippen LogP contribution in [-0.4, -0.2) is 53.5 Å². The number of esters is 1. The summed E-state index contributed by atoms with van der Waals surface area (Å²) in [5, 5.41) is 11.6. The van der Waals surface area contributed by atoms with E-state index in [1.165, 1.54) is 14.0 Å². The topological polar surface area (TPSA) is 76.1 Å². The summed E-state index contributed by atoms with van der Waals surface area (Å²) in [6.45, 7) is 8.22. The van der Waals surface area contributed by atoms with Crippen molar-refractivity contribution in [2.75, 3.05) is 13.7 Å². The number of amides is 1. The molecule has 3 aliphatic rings. The minimum atomic E-state index is -1.01. The summed E-state index contributed by atoms with van der Waals surface area (Å²) in [7, 11) is 1.43. The molecule has 0 heterocycles. The number of rotatable bonds is 5. The van der Waals surface area contributed by atoms with Gasteiger partial charge in [0.05, 0.1) is 12.7 Å². The molecule has 0 aromatic heterocycles. The molecule has 6 heteroatoms. The molecule has 1 amide bonds. The van der Waals surface area contributed by atoms with Crippen LogP contribution in [0.25, 0.3) is 0 Å². The number of carbonyl (C=O) groups excluding carboxylic acids is 2. The largest absolute Gasteiger partial charge is 0.458 e. The third-order valence-electron chi connectivity index (χ3n) is 6.93. The Morgan fingerprint density at radius 3 is 2.57 bits per heavy atom. The normalized spacial score (nSPS) is 36.0. The number of nitrogens with zero attached hydrogens (tertiary/aromatic N) is 1. The first-order chi connectivity index (χ1) is 13.2. The van der Waals surface area contributed by atoms with Crippen molar-refractivity contribution in [3.05, 3.63) is 18.1 Å². The lowest BCUT2D eigenvalue weighted by atomic mass is 9.57. The van der Waals surface area contributed by atoms with Gasteiger partial charge in [-0.15, -0.1) is 0 Å². The maximum absolute atomic E-state index is 12.2. The van der Waals surface area contributed by atoms with Crippen LogP contribution in [0.2, 0.25) is 0 Å². The number of methoxy groups -OCH3 is 1. The monoisotopic (exact) mass is 392 g/mol. The highest BCUT2D eigenvalue weighted by molar-refractivity contribution is 5.68. The van der Waals surface area contributed by atoms with Gasteiger partial charge in [0.25, 0.3) is 0 Å². The fourth-order valence-electron chi connectivity index (χ4n) is 5.08. The van der Waals surface area contributed by atoms with Gasteiger partial charge in [0.2, 0.25) is 0 Å². The summed E-state index contributed by atoms with van der Waals surface area (Å²) >= 11 is 0. The molecule has 0 saturated heterocycles. The van der Waals surface area contributed by atoms with Gasteiger partial charge in [-0.3, -0.25) is 4.79 Å². The van der Waals surface area contributed by atoms with Crippen LogP contribution in [0.5, 0.6) is 0 Å². The molecule has 2 fully saturated rings. The lowest BCUT2D eigenvalue weighted by Gasteiger charge is -2.53. The molecule has 1 unspecified atom stereocenters. The van der Waals surface area contributed by atoms with Gasteiger partial charge in [0.15, 0.2) is 0 Å². The van der Waals surface area contributed by atoms with Crippen LogP contribution in [0, 0.1) is 30.1 Å². The van der Waals surface area contributed by atoms with E-state index in [-0.39, 0.29) is 35.7 Å². The van der Waals surface area contributed by atoms with E-state index in [0.717, 1.165) is 31.3 Å². The van der Waals surface area contributed by atoms with Gasteiger partial charge in [0, 0.05) is 31.8 Å². The zero-order chi connectivity index (χ0) is 20.6. The van der Waals surface area contributed by atoms with Crippen molar-refractivity contribution in [1.82, 2.24) is 4.90 Å². The molecule has 6 nitrogen and oxygen atoms in total. The van der Waals surface area contributed by atoms with Gasteiger partial charge in [-0.1, -0.05) is 19.9 Å². The van der Waals surface area contributed by atoms with Crippen LogP contribution >= 0.6 is 0 Å². The van der Waals surface area contributed by atoms with Crippen molar-refractivity contribution in [3.63, 3.8) is 0 Å². The van der Waals surface area contributed by atoms with Crippen LogP contribution < -0.4 is 0 Å². The van der Waals surface area contributed by atoms with Crippen molar-refractivity contribution in [2.45, 2.75) is 71.1 Å². The Morgan fingerprint density at radius 1 is 1.32 bits per heavy atom. The Balaban J connectivity index is 1.81. The second-order valence-electron chi connectivity index (χ2n) is 8.99. The second kappa shape index (κ2) is 8.05. The quantitative estimate of drug-likeness (QED) is 0.574. The standard InChI is InChI=1S/C22H34NO5/c1-13-10-19-18(14(2)12-23(17-7-8-17)21(25)27-5)9-6-15(3)22(19,26)11-20(13)28-16(4)24/h10-11,14-15,17-20,26H,6-9,12H2,1-5H3/t14?,15-,18+,19-,20-,22-/m1/s1. The summed E-state index contributed by atoms with van der Waals surface area (Å²) in [4.78, 5) is 25.5. The molecule has 0 spiro atoms. The SMILES string of the molecule is COC(=O)N(CC(C)[C@@H]1CC[C@@H](C)[C@]2(O)[CH][C@@H](OC(C)=O)C(C)=C[C@H]12)C1CC1. The minimum absolute atomic E-state index is 0.0447. The van der Waals surface area contributed by atoms with E-state index in [4.69, 9.17) is 9.47 Å². The third kappa shape index (κ3) is 4.07. The van der Waals surface area contributed by atoms with Crippen molar-refractivity contribution in [3.8, 4) is 0 Å². The van der Waals surface area contributed by atoms with E-state index in [2.05, 4.69) is 19.9 Å². The van der Waals surface area contributed by atoms with Crippen molar-refractivity contribution < 1.29 is 24.2 Å². The number of aliphatic hydroxyl groups is 1. The average molecular weight is 393 g/mol. The summed E-state index contributed by atoms with van der Waals surface area (Å²) in [5.74, 6) is 0.172. The maximum Gasteiger partial charge on any atom is 0.409 e. The minimum Gasteiger partial charge on any atom is -0.458 e. The van der Waals surface area contributed by atoms with Crippen LogP contribution in [-0.2, 0) is 14.3 Å². The molecule has 0 bridgehead atoms. The Hall–Kier alpha value is -1.56. The molecule has 28 heavy (non-hydrogen) atoms.